The number of pyridine rings is 1. The van der Waals surface area contributed by atoms with Crippen molar-refractivity contribution in [2.75, 3.05) is 13.6 Å². The van der Waals surface area contributed by atoms with Crippen molar-refractivity contribution in [3.05, 3.63) is 89.0 Å². The number of nitrogens with zero attached hydrogens (tertiary/aromatic N) is 3. The predicted molar refractivity (Wildman–Crippen MR) is 166 cm³/mol. The first kappa shape index (κ1) is 27.2. The molecule has 1 spiro atoms. The molecule has 9 nitrogen and oxygen atoms in total. The number of esters is 1. The minimum absolute atomic E-state index is 0.0443. The number of aliphatic hydroxyl groups is 1. The van der Waals surface area contributed by atoms with Gasteiger partial charge in [0.1, 0.15) is 12.2 Å². The van der Waals surface area contributed by atoms with Gasteiger partial charge in [0.25, 0.3) is 0 Å². The van der Waals surface area contributed by atoms with Gasteiger partial charge in [-0.15, -0.1) is 0 Å². The van der Waals surface area contributed by atoms with Crippen LogP contribution in [0.15, 0.2) is 55.5 Å². The van der Waals surface area contributed by atoms with E-state index < -0.39 is 23.6 Å². The number of carbonyl (C=O) groups excluding carboxylic acids is 1. The Morgan fingerprint density at radius 2 is 2.09 bits per heavy atom. The molecule has 0 amide bonds. The number of aromatic nitrogens is 3. The molecule has 3 N–H and O–H groups in total. The highest BCUT2D eigenvalue weighted by Crippen LogP contribution is 2.63. The number of hydrogen-bond acceptors (Lipinski definition) is 7. The molecule has 9 heteroatoms. The summed E-state index contributed by atoms with van der Waals surface area (Å²) in [5.41, 5.74) is 7.78. The molecule has 2 aliphatic heterocycles. The molecule has 2 aliphatic carbocycles. The fraction of sp³-hybridized carbons (Fsp3) is 0.371. The number of fused-ring (bicyclic) bond motifs is 1. The summed E-state index contributed by atoms with van der Waals surface area (Å²) in [6.07, 6.45) is 9.67. The fourth-order valence-electron chi connectivity index (χ4n) is 8.56. The zero-order valence-electron chi connectivity index (χ0n) is 25.3. The van der Waals surface area contributed by atoms with Crippen LogP contribution in [0.25, 0.3) is 22.2 Å². The molecule has 0 radical (unpaired) electrons. The summed E-state index contributed by atoms with van der Waals surface area (Å²) in [6.45, 7) is 11.1. The Hall–Kier alpha value is -4.34. The smallest absolute Gasteiger partial charge is 0.338 e. The summed E-state index contributed by atoms with van der Waals surface area (Å²) in [6, 6.07) is 5.85. The number of benzene rings is 1. The lowest BCUT2D eigenvalue weighted by Gasteiger charge is -2.56. The van der Waals surface area contributed by atoms with Crippen LogP contribution in [-0.2, 0) is 16.6 Å². The Morgan fingerprint density at radius 3 is 2.84 bits per heavy atom. The van der Waals surface area contributed by atoms with Gasteiger partial charge in [-0.3, -0.25) is 5.10 Å². The second-order valence-electron chi connectivity index (χ2n) is 13.0. The number of phenolic OH excluding ortho intramolecular Hbond substituents is 1. The summed E-state index contributed by atoms with van der Waals surface area (Å²) in [4.78, 5) is 15.9. The maximum Gasteiger partial charge on any atom is 0.338 e. The number of phenols is 1. The van der Waals surface area contributed by atoms with Gasteiger partial charge in [-0.2, -0.15) is 5.10 Å². The van der Waals surface area contributed by atoms with Crippen LogP contribution >= 0.6 is 0 Å². The third-order valence-corrected chi connectivity index (χ3v) is 10.5. The highest BCUT2D eigenvalue weighted by Gasteiger charge is 2.64. The topological polar surface area (TPSA) is 112 Å². The first-order valence-corrected chi connectivity index (χ1v) is 15.3. The molecule has 4 aromatic rings. The largest absolute Gasteiger partial charge is 0.504 e. The van der Waals surface area contributed by atoms with Gasteiger partial charge in [-0.05, 0) is 87.7 Å². The number of likely N-dealkylation sites (tertiary alicyclic amines) is 1. The molecule has 0 saturated carbocycles. The Bertz CT molecular complexity index is 1900. The van der Waals surface area contributed by atoms with Crippen LogP contribution in [0.5, 0.6) is 11.5 Å². The van der Waals surface area contributed by atoms with Gasteiger partial charge in [0, 0.05) is 46.5 Å². The van der Waals surface area contributed by atoms with Gasteiger partial charge in [-0.25, -0.2) is 4.79 Å². The number of ether oxygens (including phenoxy) is 2. The second kappa shape index (κ2) is 9.33. The molecule has 1 aromatic carbocycles. The van der Waals surface area contributed by atoms with Crippen molar-refractivity contribution in [2.45, 2.75) is 63.4 Å². The van der Waals surface area contributed by atoms with Crippen LogP contribution in [0.3, 0.4) is 0 Å². The zero-order chi connectivity index (χ0) is 30.7. The summed E-state index contributed by atoms with van der Waals surface area (Å²) in [5, 5.41) is 29.6. The van der Waals surface area contributed by atoms with Gasteiger partial charge in [0.2, 0.25) is 0 Å². The Labute approximate surface area is 255 Å². The average Bonchev–Trinajstić information content (AvgIpc) is 3.73. The molecule has 3 aromatic heterocycles. The highest BCUT2D eigenvalue weighted by molar-refractivity contribution is 5.98. The van der Waals surface area contributed by atoms with E-state index in [0.717, 1.165) is 64.0 Å². The molecular formula is C35H36N4O5. The number of likely N-dealkylation sites (N-methyl/N-ethyl adjacent to an activating group) is 1. The average molecular weight is 593 g/mol. The van der Waals surface area contributed by atoms with Gasteiger partial charge in [0.05, 0.1) is 29.1 Å². The molecule has 44 heavy (non-hydrogen) atoms. The number of aromatic hydroxyl groups is 1. The maximum absolute atomic E-state index is 13.5. The van der Waals surface area contributed by atoms with E-state index in [1.165, 1.54) is 0 Å². The lowest BCUT2D eigenvalue weighted by molar-refractivity contribution is -0.0453. The van der Waals surface area contributed by atoms with E-state index in [4.69, 9.17) is 9.47 Å². The quantitative estimate of drug-likeness (QED) is 0.226. The Balaban J connectivity index is 1.37. The number of rotatable bonds is 5. The van der Waals surface area contributed by atoms with Crippen molar-refractivity contribution >= 4 is 17.1 Å². The van der Waals surface area contributed by atoms with Crippen LogP contribution in [0, 0.1) is 12.8 Å². The minimum atomic E-state index is -0.758. The molecule has 2 bridgehead atoms. The second-order valence-corrected chi connectivity index (χ2v) is 13.0. The molecule has 0 unspecified atom stereocenters. The van der Waals surface area contributed by atoms with E-state index in [0.29, 0.717) is 16.9 Å². The third kappa shape index (κ3) is 3.48. The zero-order valence-corrected chi connectivity index (χ0v) is 25.3. The number of aliphatic hydroxyl groups excluding tert-OH is 1. The highest BCUT2D eigenvalue weighted by atomic mass is 16.5. The number of hydrogen-bond donors (Lipinski definition) is 3. The van der Waals surface area contributed by atoms with Crippen molar-refractivity contribution < 1.29 is 24.5 Å². The molecule has 5 atom stereocenters. The molecule has 4 aliphatic rings. The van der Waals surface area contributed by atoms with Crippen molar-refractivity contribution in [1.29, 1.82) is 0 Å². The minimum Gasteiger partial charge on any atom is -0.504 e. The molecule has 5 heterocycles. The SMILES string of the molecule is C=C(c1cc(O)c2c3c1C[C@@H]1[C@@H]4C=C[C@H](O)[C@H](O2)[C@]34CCN1C)c1c(C)c(C(=O)OC(C)C)cc2c(-c3cn[nH]c3)ccn12. The lowest BCUT2D eigenvalue weighted by Crippen LogP contribution is -2.64. The summed E-state index contributed by atoms with van der Waals surface area (Å²) in [7, 11) is 2.16. The number of aromatic amines is 1. The van der Waals surface area contributed by atoms with Gasteiger partial charge in [-0.1, -0.05) is 18.7 Å². The van der Waals surface area contributed by atoms with E-state index in [1.54, 1.807) is 12.3 Å². The first-order chi connectivity index (χ1) is 21.1. The van der Waals surface area contributed by atoms with Crippen LogP contribution in [0.2, 0.25) is 0 Å². The van der Waals surface area contributed by atoms with Crippen LogP contribution in [0.1, 0.15) is 58.6 Å². The van der Waals surface area contributed by atoms with Gasteiger partial charge >= 0.3 is 5.97 Å². The van der Waals surface area contributed by atoms with E-state index in [2.05, 4.69) is 39.2 Å². The summed E-state index contributed by atoms with van der Waals surface area (Å²) < 4.78 is 14.2. The van der Waals surface area contributed by atoms with Crippen molar-refractivity contribution in [3.63, 3.8) is 0 Å². The normalized spacial score (nSPS) is 26.6. The van der Waals surface area contributed by atoms with Crippen LogP contribution in [0.4, 0.5) is 0 Å². The molecular weight excluding hydrogens is 556 g/mol. The van der Waals surface area contributed by atoms with Crippen molar-refractivity contribution in [2.24, 2.45) is 5.92 Å². The van der Waals surface area contributed by atoms with Crippen molar-refractivity contribution in [3.8, 4) is 22.6 Å². The van der Waals surface area contributed by atoms with E-state index in [9.17, 15) is 15.0 Å². The molecule has 226 valence electrons. The van der Waals surface area contributed by atoms with Crippen LogP contribution < -0.4 is 4.74 Å². The lowest BCUT2D eigenvalue weighted by atomic mass is 9.53. The van der Waals surface area contributed by atoms with Crippen molar-refractivity contribution in [1.82, 2.24) is 19.5 Å². The monoisotopic (exact) mass is 592 g/mol. The Kier molecular flexibility index (Phi) is 5.77. The number of piperidine rings is 1. The van der Waals surface area contributed by atoms with E-state index >= 15 is 0 Å². The molecule has 1 saturated heterocycles. The Morgan fingerprint density at radius 1 is 1.27 bits per heavy atom. The third-order valence-electron chi connectivity index (χ3n) is 10.5. The maximum atomic E-state index is 13.5. The molecule has 1 fully saturated rings. The predicted octanol–water partition coefficient (Wildman–Crippen LogP) is 4.78. The first-order valence-electron chi connectivity index (χ1n) is 15.3. The number of carbonyl (C=O) groups is 1. The fourth-order valence-corrected chi connectivity index (χ4v) is 8.56. The van der Waals surface area contributed by atoms with Crippen LogP contribution in [-0.4, -0.2) is 73.6 Å². The number of nitrogens with one attached hydrogen (secondary N) is 1. The molecule has 8 rings (SSSR count). The van der Waals surface area contributed by atoms with E-state index in [1.807, 2.05) is 51.4 Å². The van der Waals surface area contributed by atoms with Gasteiger partial charge in [0.15, 0.2) is 11.5 Å². The summed E-state index contributed by atoms with van der Waals surface area (Å²) >= 11 is 0. The summed E-state index contributed by atoms with van der Waals surface area (Å²) in [5.74, 6) is 0.291. The van der Waals surface area contributed by atoms with Gasteiger partial charge < -0.3 is 29.0 Å². The standard InChI is InChI=1S/C35H36N4O5/c1-17(2)43-34(42)23-12-26-21(20-15-36-37-16-20)8-10-39(26)31(19(23)4)18(3)22-14-29(41)32-30-24(22)13-27-25-6-7-28(40)33(44-32)35(25,30)9-11-38(27)5/h6-8,10,12,14-17,25,27-28,33,40-41H,3,9,11,13H2,1-2,4-5H3,(H,36,37)/t25-,27+,28-,33-,35-/m0/s1. The van der Waals surface area contributed by atoms with E-state index in [-0.39, 0.29) is 23.8 Å². The number of H-pyrrole nitrogens is 1.